The molecule has 0 spiro atoms. The predicted molar refractivity (Wildman–Crippen MR) is 102 cm³/mol. The summed E-state index contributed by atoms with van der Waals surface area (Å²) in [6.07, 6.45) is 1.63. The zero-order chi connectivity index (χ0) is 18.5. The topological polar surface area (TPSA) is 77.5 Å². The Kier molecular flexibility index (Phi) is 7.16. The molecule has 2 heterocycles. The van der Waals surface area contributed by atoms with E-state index in [-0.39, 0.29) is 29.2 Å². The zero-order valence-electron chi connectivity index (χ0n) is 15.1. The summed E-state index contributed by atoms with van der Waals surface area (Å²) < 4.78 is 5.37. The Labute approximate surface area is 168 Å². The fraction of sp³-hybridized carbons (Fsp3) is 0.250. The molecule has 1 aromatic carbocycles. The average molecular weight is 414 g/mol. The summed E-state index contributed by atoms with van der Waals surface area (Å²) in [7, 11) is 0. The monoisotopic (exact) mass is 413 g/mol. The second kappa shape index (κ2) is 9.35. The van der Waals surface area contributed by atoms with Crippen molar-refractivity contribution in [2.75, 3.05) is 18.0 Å². The molecule has 0 aliphatic carbocycles. The number of hydrogen-bond acceptors (Lipinski definition) is 5. The Morgan fingerprint density at radius 3 is 2.59 bits per heavy atom. The molecule has 0 atom stereocenters. The molecule has 0 radical (unpaired) electrons. The van der Waals surface area contributed by atoms with Crippen molar-refractivity contribution in [3.63, 3.8) is 0 Å². The van der Waals surface area contributed by atoms with Crippen molar-refractivity contribution < 1.29 is 26.3 Å². The van der Waals surface area contributed by atoms with E-state index in [0.29, 0.717) is 16.7 Å². The maximum atomic E-state index is 12.3. The number of aromatic nitrogens is 1. The number of anilines is 1. The molecule has 3 rings (SSSR count). The summed E-state index contributed by atoms with van der Waals surface area (Å²) in [4.78, 5) is 30.8. The van der Waals surface area contributed by atoms with Gasteiger partial charge in [0.2, 0.25) is 0 Å². The minimum Gasteiger partial charge on any atom is -0.644 e. The van der Waals surface area contributed by atoms with E-state index in [0.717, 1.165) is 18.8 Å². The SMILES string of the molecule is CCN(CC)c1ccc2cc(C(=O)[N-]Cc3ccccn3)c(=O)oc2c1.[Cu+]. The van der Waals surface area contributed by atoms with E-state index in [1.807, 2.05) is 24.3 Å². The van der Waals surface area contributed by atoms with Crippen molar-refractivity contribution in [1.82, 2.24) is 4.98 Å². The van der Waals surface area contributed by atoms with Crippen LogP contribution in [0.15, 0.2) is 57.9 Å². The molecule has 0 unspecified atom stereocenters. The average Bonchev–Trinajstić information content (AvgIpc) is 2.67. The van der Waals surface area contributed by atoms with Gasteiger partial charge < -0.3 is 19.4 Å². The first-order chi connectivity index (χ1) is 12.6. The largest absolute Gasteiger partial charge is 1.00 e. The van der Waals surface area contributed by atoms with Gasteiger partial charge in [-0.05, 0) is 44.2 Å². The quantitative estimate of drug-likeness (QED) is 0.454. The third-order valence-corrected chi connectivity index (χ3v) is 4.19. The van der Waals surface area contributed by atoms with E-state index in [1.165, 1.54) is 6.07 Å². The second-order valence-corrected chi connectivity index (χ2v) is 5.78. The Morgan fingerprint density at radius 2 is 1.93 bits per heavy atom. The summed E-state index contributed by atoms with van der Waals surface area (Å²) in [6.45, 7) is 5.96. The van der Waals surface area contributed by atoms with Crippen molar-refractivity contribution in [3.8, 4) is 0 Å². The van der Waals surface area contributed by atoms with Gasteiger partial charge in [-0.1, -0.05) is 12.6 Å². The second-order valence-electron chi connectivity index (χ2n) is 5.78. The van der Waals surface area contributed by atoms with E-state index >= 15 is 0 Å². The number of amides is 1. The number of fused-ring (bicyclic) bond motifs is 1. The maximum Gasteiger partial charge on any atom is 1.00 e. The molecule has 0 bridgehead atoms. The van der Waals surface area contributed by atoms with Gasteiger partial charge in [0.05, 0.1) is 11.5 Å². The summed E-state index contributed by atoms with van der Waals surface area (Å²) in [5, 5.41) is 4.63. The van der Waals surface area contributed by atoms with Gasteiger partial charge in [-0.25, -0.2) is 4.79 Å². The fourth-order valence-electron chi connectivity index (χ4n) is 2.76. The van der Waals surface area contributed by atoms with Crippen LogP contribution < -0.4 is 10.5 Å². The number of rotatable bonds is 6. The van der Waals surface area contributed by atoms with Crippen molar-refractivity contribution in [1.29, 1.82) is 0 Å². The smallest absolute Gasteiger partial charge is 0.644 e. The van der Waals surface area contributed by atoms with E-state index in [4.69, 9.17) is 4.42 Å². The molecule has 27 heavy (non-hydrogen) atoms. The Bertz CT molecular complexity index is 969. The number of hydrogen-bond donors (Lipinski definition) is 0. The van der Waals surface area contributed by atoms with Crippen LogP contribution >= 0.6 is 0 Å². The van der Waals surface area contributed by atoms with Gasteiger partial charge in [0.25, 0.3) is 0 Å². The molecule has 0 N–H and O–H groups in total. The number of benzene rings is 1. The Morgan fingerprint density at radius 1 is 1.15 bits per heavy atom. The molecular weight excluding hydrogens is 394 g/mol. The van der Waals surface area contributed by atoms with Crippen molar-refractivity contribution in [3.05, 3.63) is 75.7 Å². The molecule has 7 heteroatoms. The standard InChI is InChI=1S/C20H21N3O3.Cu/c1-3-23(4-2)16-9-8-14-11-17(20(25)26-18(14)12-16)19(24)22-13-15-7-5-6-10-21-15;/h5-12H,3-4,13H2,1-2H3,(H,22,24);/q;+1/p-1. The Hall–Kier alpha value is -2.63. The molecule has 2 aromatic heterocycles. The van der Waals surface area contributed by atoms with E-state index in [1.54, 1.807) is 18.3 Å². The van der Waals surface area contributed by atoms with Crippen LogP contribution in [-0.4, -0.2) is 24.0 Å². The van der Waals surface area contributed by atoms with Crippen LogP contribution in [0.4, 0.5) is 5.69 Å². The number of pyridine rings is 1. The predicted octanol–water partition coefficient (Wildman–Crippen LogP) is 3.75. The van der Waals surface area contributed by atoms with Crippen LogP contribution in [0, 0.1) is 0 Å². The molecule has 0 fully saturated rings. The van der Waals surface area contributed by atoms with Crippen molar-refractivity contribution in [2.45, 2.75) is 20.4 Å². The maximum absolute atomic E-state index is 12.3. The zero-order valence-corrected chi connectivity index (χ0v) is 16.0. The van der Waals surface area contributed by atoms with Crippen LogP contribution in [0.2, 0.25) is 0 Å². The van der Waals surface area contributed by atoms with E-state index in [9.17, 15) is 9.59 Å². The molecule has 144 valence electrons. The van der Waals surface area contributed by atoms with Crippen LogP contribution in [0.1, 0.15) is 29.9 Å². The number of carbonyl (C=O) groups is 1. The van der Waals surface area contributed by atoms with Crippen molar-refractivity contribution in [2.24, 2.45) is 0 Å². The van der Waals surface area contributed by atoms with Gasteiger partial charge in [-0.15, -0.1) is 0 Å². The Balaban J connectivity index is 0.00000261. The summed E-state index contributed by atoms with van der Waals surface area (Å²) in [5.74, 6) is -0.598. The normalized spacial score (nSPS) is 10.3. The molecule has 3 aromatic rings. The third-order valence-electron chi connectivity index (χ3n) is 4.19. The van der Waals surface area contributed by atoms with Gasteiger partial charge in [-0.3, -0.25) is 4.98 Å². The molecule has 6 nitrogen and oxygen atoms in total. The molecule has 0 aliphatic heterocycles. The van der Waals surface area contributed by atoms with Crippen LogP contribution in [0.3, 0.4) is 0 Å². The van der Waals surface area contributed by atoms with E-state index in [2.05, 4.69) is 29.0 Å². The van der Waals surface area contributed by atoms with E-state index < -0.39 is 11.5 Å². The molecule has 0 saturated heterocycles. The third kappa shape index (κ3) is 4.76. The summed E-state index contributed by atoms with van der Waals surface area (Å²) in [6, 6.07) is 12.5. The van der Waals surface area contributed by atoms with Gasteiger partial charge in [0.15, 0.2) is 0 Å². The van der Waals surface area contributed by atoms with Crippen LogP contribution in [0.25, 0.3) is 16.3 Å². The molecule has 0 saturated carbocycles. The van der Waals surface area contributed by atoms with Gasteiger partial charge in [-0.2, -0.15) is 0 Å². The van der Waals surface area contributed by atoms with Gasteiger partial charge in [0, 0.05) is 42.1 Å². The molecule has 1 amide bonds. The molecular formula is C20H20CuN3O3. The fourth-order valence-corrected chi connectivity index (χ4v) is 2.76. The first-order valence-corrected chi connectivity index (χ1v) is 8.57. The number of nitrogens with zero attached hydrogens (tertiary/aromatic N) is 3. The minimum atomic E-state index is -0.677. The summed E-state index contributed by atoms with van der Waals surface area (Å²) in [5.41, 5.74) is 1.35. The number of carbonyl (C=O) groups excluding carboxylic acids is 1. The first-order valence-electron chi connectivity index (χ1n) is 8.57. The minimum absolute atomic E-state index is 0. The summed E-state index contributed by atoms with van der Waals surface area (Å²) >= 11 is 0. The first kappa shape index (κ1) is 20.7. The molecule has 0 aliphatic rings. The van der Waals surface area contributed by atoms with Gasteiger partial charge >= 0.3 is 22.7 Å². The van der Waals surface area contributed by atoms with Crippen molar-refractivity contribution >= 4 is 22.6 Å². The van der Waals surface area contributed by atoms with Gasteiger partial charge in [0.1, 0.15) is 5.58 Å². The van der Waals surface area contributed by atoms with Crippen LogP contribution in [-0.2, 0) is 23.6 Å². The van der Waals surface area contributed by atoms with Crippen LogP contribution in [0.5, 0.6) is 0 Å².